The summed E-state index contributed by atoms with van der Waals surface area (Å²) in [7, 11) is 1.87. The van der Waals surface area contributed by atoms with Gasteiger partial charge in [0, 0.05) is 23.6 Å². The lowest BCUT2D eigenvalue weighted by Crippen LogP contribution is -1.93. The number of benzene rings is 2. The van der Waals surface area contributed by atoms with E-state index in [4.69, 9.17) is 4.52 Å². The number of anilines is 1. The minimum atomic E-state index is 0.534. The molecule has 0 atom stereocenters. The predicted octanol–water partition coefficient (Wildman–Crippen LogP) is 4.13. The fraction of sp³-hybridized carbons (Fsp3) is 0.125. The van der Waals surface area contributed by atoms with Crippen LogP contribution in [-0.4, -0.2) is 17.2 Å². The second kappa shape index (κ2) is 6.10. The molecule has 21 heavy (non-hydrogen) atoms. The van der Waals surface area contributed by atoms with Crippen molar-refractivity contribution >= 4 is 21.6 Å². The Morgan fingerprint density at radius 2 is 1.86 bits per heavy atom. The summed E-state index contributed by atoms with van der Waals surface area (Å²) in [6, 6.07) is 16.0. The quantitative estimate of drug-likeness (QED) is 0.773. The Balaban J connectivity index is 1.84. The van der Waals surface area contributed by atoms with Crippen LogP contribution in [0.3, 0.4) is 0 Å². The Bertz CT molecular complexity index is 737. The summed E-state index contributed by atoms with van der Waals surface area (Å²) in [6.07, 6.45) is 0.651. The first-order chi connectivity index (χ1) is 10.3. The van der Waals surface area contributed by atoms with Crippen LogP contribution in [0.15, 0.2) is 57.5 Å². The number of nitrogens with zero attached hydrogens (tertiary/aromatic N) is 2. The first kappa shape index (κ1) is 13.8. The average Bonchev–Trinajstić information content (AvgIpc) is 2.98. The monoisotopic (exact) mass is 343 g/mol. The lowest BCUT2D eigenvalue weighted by Gasteiger charge is -2.03. The van der Waals surface area contributed by atoms with Gasteiger partial charge in [0.05, 0.1) is 5.56 Å². The summed E-state index contributed by atoms with van der Waals surface area (Å²) in [5.41, 5.74) is 3.03. The first-order valence-corrected chi connectivity index (χ1v) is 7.40. The molecule has 5 heteroatoms. The molecular formula is C16H14BrN3O. The molecule has 4 nitrogen and oxygen atoms in total. The number of nitrogens with one attached hydrogen (secondary N) is 1. The molecule has 0 aliphatic rings. The maximum Gasteiger partial charge on any atom is 0.260 e. The molecule has 0 saturated heterocycles. The third-order valence-corrected chi connectivity index (χ3v) is 3.70. The number of rotatable bonds is 4. The molecular weight excluding hydrogens is 330 g/mol. The van der Waals surface area contributed by atoms with E-state index in [2.05, 4.69) is 31.4 Å². The second-order valence-corrected chi connectivity index (χ2v) is 5.53. The van der Waals surface area contributed by atoms with Crippen LogP contribution >= 0.6 is 15.9 Å². The zero-order valence-corrected chi connectivity index (χ0v) is 13.1. The maximum atomic E-state index is 5.38. The fourth-order valence-corrected chi connectivity index (χ4v) is 2.37. The van der Waals surface area contributed by atoms with Crippen LogP contribution in [0, 0.1) is 0 Å². The van der Waals surface area contributed by atoms with Crippen LogP contribution in [0.1, 0.15) is 11.4 Å². The van der Waals surface area contributed by atoms with Gasteiger partial charge in [0.2, 0.25) is 0 Å². The van der Waals surface area contributed by atoms with Crippen LogP contribution in [0.5, 0.6) is 0 Å². The van der Waals surface area contributed by atoms with Crippen molar-refractivity contribution in [2.75, 3.05) is 12.4 Å². The normalized spacial score (nSPS) is 10.6. The standard InChI is InChI=1S/C16H14BrN3O/c1-18-14-5-3-2-4-13(14)16-19-15(20-21-16)10-11-6-8-12(17)9-7-11/h2-9,18H,10H2,1H3. The highest BCUT2D eigenvalue weighted by Crippen LogP contribution is 2.26. The van der Waals surface area contributed by atoms with E-state index in [9.17, 15) is 0 Å². The fourth-order valence-electron chi connectivity index (χ4n) is 2.11. The summed E-state index contributed by atoms with van der Waals surface area (Å²) >= 11 is 3.42. The highest BCUT2D eigenvalue weighted by Gasteiger charge is 2.12. The van der Waals surface area contributed by atoms with Crippen molar-refractivity contribution in [3.8, 4) is 11.5 Å². The van der Waals surface area contributed by atoms with Crippen LogP contribution in [0.25, 0.3) is 11.5 Å². The summed E-state index contributed by atoms with van der Waals surface area (Å²) in [5, 5.41) is 7.19. The molecule has 3 rings (SSSR count). The van der Waals surface area contributed by atoms with Gasteiger partial charge >= 0.3 is 0 Å². The number of aromatic nitrogens is 2. The third-order valence-electron chi connectivity index (χ3n) is 3.17. The van der Waals surface area contributed by atoms with Crippen LogP contribution in [0.4, 0.5) is 5.69 Å². The van der Waals surface area contributed by atoms with E-state index in [0.717, 1.165) is 21.3 Å². The number of hydrogen-bond donors (Lipinski definition) is 1. The van der Waals surface area contributed by atoms with Crippen LogP contribution in [0.2, 0.25) is 0 Å². The maximum absolute atomic E-state index is 5.38. The zero-order valence-electron chi connectivity index (χ0n) is 11.5. The molecule has 3 aromatic rings. The van der Waals surface area contributed by atoms with Crippen molar-refractivity contribution in [2.24, 2.45) is 0 Å². The smallest absolute Gasteiger partial charge is 0.260 e. The van der Waals surface area contributed by atoms with E-state index in [1.807, 2.05) is 55.6 Å². The van der Waals surface area contributed by atoms with Gasteiger partial charge in [0.15, 0.2) is 5.82 Å². The molecule has 1 N–H and O–H groups in total. The molecule has 0 spiro atoms. The van der Waals surface area contributed by atoms with Crippen molar-refractivity contribution in [2.45, 2.75) is 6.42 Å². The molecule has 1 heterocycles. The average molecular weight is 344 g/mol. The van der Waals surface area contributed by atoms with Crippen molar-refractivity contribution in [1.82, 2.24) is 10.1 Å². The Labute approximate surface area is 131 Å². The number of hydrogen-bond acceptors (Lipinski definition) is 4. The van der Waals surface area contributed by atoms with E-state index in [1.54, 1.807) is 0 Å². The van der Waals surface area contributed by atoms with Crippen LogP contribution < -0.4 is 5.32 Å². The molecule has 1 aromatic heterocycles. The van der Waals surface area contributed by atoms with E-state index in [1.165, 1.54) is 0 Å². The molecule has 0 saturated carbocycles. The molecule has 0 aliphatic carbocycles. The van der Waals surface area contributed by atoms with Crippen molar-refractivity contribution < 1.29 is 4.52 Å². The molecule has 0 unspecified atom stereocenters. The lowest BCUT2D eigenvalue weighted by atomic mass is 10.1. The summed E-state index contributed by atoms with van der Waals surface area (Å²) in [4.78, 5) is 4.48. The SMILES string of the molecule is CNc1ccccc1-c1nc(Cc2ccc(Br)cc2)no1. The number of halogens is 1. The molecule has 0 amide bonds. The Kier molecular flexibility index (Phi) is 4.01. The van der Waals surface area contributed by atoms with Gasteiger partial charge in [-0.15, -0.1) is 0 Å². The highest BCUT2D eigenvalue weighted by atomic mass is 79.9. The van der Waals surface area contributed by atoms with Crippen molar-refractivity contribution in [3.05, 3.63) is 64.4 Å². The van der Waals surface area contributed by atoms with Gasteiger partial charge in [-0.1, -0.05) is 45.4 Å². The predicted molar refractivity (Wildman–Crippen MR) is 86.2 cm³/mol. The van der Waals surface area contributed by atoms with E-state index in [0.29, 0.717) is 18.1 Å². The highest BCUT2D eigenvalue weighted by molar-refractivity contribution is 9.10. The molecule has 0 aliphatic heterocycles. The Morgan fingerprint density at radius 1 is 1.10 bits per heavy atom. The van der Waals surface area contributed by atoms with Crippen molar-refractivity contribution in [3.63, 3.8) is 0 Å². The summed E-state index contributed by atoms with van der Waals surface area (Å²) in [6.45, 7) is 0. The van der Waals surface area contributed by atoms with Crippen LogP contribution in [-0.2, 0) is 6.42 Å². The van der Waals surface area contributed by atoms with E-state index in [-0.39, 0.29) is 0 Å². The van der Waals surface area contributed by atoms with Gasteiger partial charge in [-0.05, 0) is 29.8 Å². The minimum Gasteiger partial charge on any atom is -0.387 e. The van der Waals surface area contributed by atoms with Gasteiger partial charge in [-0.2, -0.15) is 4.98 Å². The molecule has 0 bridgehead atoms. The zero-order chi connectivity index (χ0) is 14.7. The summed E-state index contributed by atoms with van der Waals surface area (Å²) < 4.78 is 6.44. The van der Waals surface area contributed by atoms with E-state index < -0.39 is 0 Å². The topological polar surface area (TPSA) is 51.0 Å². The second-order valence-electron chi connectivity index (χ2n) is 4.61. The molecule has 0 radical (unpaired) electrons. The Hall–Kier alpha value is -2.14. The Morgan fingerprint density at radius 3 is 2.62 bits per heavy atom. The van der Waals surface area contributed by atoms with E-state index >= 15 is 0 Å². The molecule has 106 valence electrons. The van der Waals surface area contributed by atoms with Crippen molar-refractivity contribution in [1.29, 1.82) is 0 Å². The van der Waals surface area contributed by atoms with Gasteiger partial charge in [0.25, 0.3) is 5.89 Å². The molecule has 2 aromatic carbocycles. The van der Waals surface area contributed by atoms with Gasteiger partial charge < -0.3 is 9.84 Å². The van der Waals surface area contributed by atoms with Gasteiger partial charge in [0.1, 0.15) is 0 Å². The first-order valence-electron chi connectivity index (χ1n) is 6.60. The largest absolute Gasteiger partial charge is 0.387 e. The molecule has 0 fully saturated rings. The summed E-state index contributed by atoms with van der Waals surface area (Å²) in [5.74, 6) is 1.21. The minimum absolute atomic E-state index is 0.534. The van der Waals surface area contributed by atoms with Gasteiger partial charge in [-0.3, -0.25) is 0 Å². The third kappa shape index (κ3) is 3.13. The number of para-hydroxylation sites is 1. The van der Waals surface area contributed by atoms with Gasteiger partial charge in [-0.25, -0.2) is 0 Å². The lowest BCUT2D eigenvalue weighted by molar-refractivity contribution is 0.424.